The van der Waals surface area contributed by atoms with Gasteiger partial charge < -0.3 is 14.4 Å². The third-order valence-corrected chi connectivity index (χ3v) is 6.06. The Labute approximate surface area is 169 Å². The molecule has 1 fully saturated rings. The van der Waals surface area contributed by atoms with E-state index in [2.05, 4.69) is 4.72 Å². The normalized spacial score (nSPS) is 14.7. The van der Waals surface area contributed by atoms with Crippen LogP contribution in [0.15, 0.2) is 47.4 Å². The molecule has 1 saturated heterocycles. The molecule has 2 aromatic carbocycles. The molecular weight excluding hydrogens is 396 g/mol. The monoisotopic (exact) mass is 420 g/mol. The molecular formula is C20H24N2O6S. The van der Waals surface area contributed by atoms with Gasteiger partial charge in [-0.3, -0.25) is 9.59 Å². The second-order valence-corrected chi connectivity index (χ2v) is 8.43. The highest BCUT2D eigenvalue weighted by molar-refractivity contribution is 7.89. The summed E-state index contributed by atoms with van der Waals surface area (Å²) in [6.07, 6.45) is 0.300. The van der Waals surface area contributed by atoms with Gasteiger partial charge in [-0.05, 0) is 29.3 Å². The number of carbonyl (C=O) groups is 2. The Kier molecular flexibility index (Phi) is 7.18. The summed E-state index contributed by atoms with van der Waals surface area (Å²) in [7, 11) is -3.66. The van der Waals surface area contributed by atoms with E-state index in [1.54, 1.807) is 23.1 Å². The number of rotatable bonds is 8. The Morgan fingerprint density at radius 3 is 2.55 bits per heavy atom. The maximum Gasteiger partial charge on any atom is 0.306 e. The van der Waals surface area contributed by atoms with Crippen molar-refractivity contribution in [1.82, 2.24) is 9.62 Å². The van der Waals surface area contributed by atoms with E-state index in [0.717, 1.165) is 10.8 Å². The van der Waals surface area contributed by atoms with Crippen molar-refractivity contribution >= 4 is 32.7 Å². The van der Waals surface area contributed by atoms with Crippen molar-refractivity contribution < 1.29 is 27.5 Å². The minimum Gasteiger partial charge on any atom is -0.456 e. The van der Waals surface area contributed by atoms with Crippen LogP contribution < -0.4 is 4.72 Å². The molecule has 0 saturated carbocycles. The van der Waals surface area contributed by atoms with Crippen molar-refractivity contribution in [3.63, 3.8) is 0 Å². The largest absolute Gasteiger partial charge is 0.456 e. The van der Waals surface area contributed by atoms with Crippen molar-refractivity contribution in [2.45, 2.75) is 17.7 Å². The number of esters is 1. The van der Waals surface area contributed by atoms with Crippen LogP contribution in [0.25, 0.3) is 10.8 Å². The van der Waals surface area contributed by atoms with Crippen molar-refractivity contribution in [3.8, 4) is 0 Å². The number of morpholine rings is 1. The molecule has 9 heteroatoms. The number of nitrogens with one attached hydrogen (secondary N) is 1. The van der Waals surface area contributed by atoms with Crippen molar-refractivity contribution in [1.29, 1.82) is 0 Å². The summed E-state index contributed by atoms with van der Waals surface area (Å²) in [5.41, 5.74) is 0. The topological polar surface area (TPSA) is 102 Å². The number of benzene rings is 2. The first kappa shape index (κ1) is 21.2. The number of carbonyl (C=O) groups excluding carboxylic acids is 2. The van der Waals surface area contributed by atoms with E-state index >= 15 is 0 Å². The van der Waals surface area contributed by atoms with Crippen molar-refractivity contribution in [2.24, 2.45) is 0 Å². The average Bonchev–Trinajstić information content (AvgIpc) is 2.75. The molecule has 1 N–H and O–H groups in total. The van der Waals surface area contributed by atoms with Gasteiger partial charge in [0.2, 0.25) is 10.0 Å². The molecule has 156 valence electrons. The summed E-state index contributed by atoms with van der Waals surface area (Å²) in [4.78, 5) is 25.5. The first-order chi connectivity index (χ1) is 14.0. The van der Waals surface area contributed by atoms with Crippen molar-refractivity contribution in [2.75, 3.05) is 39.5 Å². The Balaban J connectivity index is 1.40. The Morgan fingerprint density at radius 1 is 1.07 bits per heavy atom. The zero-order chi connectivity index (χ0) is 20.7. The molecule has 2 aromatic rings. The molecule has 1 aliphatic heterocycles. The third-order valence-electron chi connectivity index (χ3n) is 4.60. The van der Waals surface area contributed by atoms with Crippen LogP contribution >= 0.6 is 0 Å². The van der Waals surface area contributed by atoms with E-state index in [-0.39, 0.29) is 36.8 Å². The van der Waals surface area contributed by atoms with Gasteiger partial charge >= 0.3 is 5.97 Å². The van der Waals surface area contributed by atoms with Gasteiger partial charge in [0.1, 0.15) is 0 Å². The molecule has 3 rings (SSSR count). The van der Waals surface area contributed by atoms with Crippen LogP contribution in [-0.4, -0.2) is 64.6 Å². The quantitative estimate of drug-likeness (QED) is 0.510. The molecule has 0 aromatic heterocycles. The summed E-state index contributed by atoms with van der Waals surface area (Å²) in [5.74, 6) is -0.782. The molecule has 0 atom stereocenters. The van der Waals surface area contributed by atoms with Crippen LogP contribution in [0.4, 0.5) is 0 Å². The van der Waals surface area contributed by atoms with Crippen LogP contribution in [0.1, 0.15) is 12.8 Å². The second-order valence-electron chi connectivity index (χ2n) is 6.66. The van der Waals surface area contributed by atoms with E-state index in [0.29, 0.717) is 26.3 Å². The number of nitrogens with zero attached hydrogens (tertiary/aromatic N) is 1. The maximum atomic E-state index is 12.4. The van der Waals surface area contributed by atoms with Gasteiger partial charge in [-0.1, -0.05) is 30.3 Å². The fraction of sp³-hybridized carbons (Fsp3) is 0.400. The summed E-state index contributed by atoms with van der Waals surface area (Å²) in [5, 5.41) is 1.80. The molecule has 1 aliphatic rings. The van der Waals surface area contributed by atoms with Gasteiger partial charge in [0.15, 0.2) is 6.61 Å². The maximum absolute atomic E-state index is 12.4. The first-order valence-corrected chi connectivity index (χ1v) is 10.9. The highest BCUT2D eigenvalue weighted by Gasteiger charge is 2.18. The summed E-state index contributed by atoms with van der Waals surface area (Å²) >= 11 is 0. The van der Waals surface area contributed by atoms with Crippen LogP contribution in [-0.2, 0) is 29.1 Å². The van der Waals surface area contributed by atoms with E-state index < -0.39 is 16.0 Å². The lowest BCUT2D eigenvalue weighted by Crippen LogP contribution is -2.42. The highest BCUT2D eigenvalue weighted by Crippen LogP contribution is 2.18. The van der Waals surface area contributed by atoms with Gasteiger partial charge in [-0.15, -0.1) is 0 Å². The van der Waals surface area contributed by atoms with Crippen LogP contribution in [0.2, 0.25) is 0 Å². The molecule has 0 radical (unpaired) electrons. The number of fused-ring (bicyclic) bond motifs is 1. The summed E-state index contributed by atoms with van der Waals surface area (Å²) in [6, 6.07) is 12.4. The van der Waals surface area contributed by atoms with Crippen molar-refractivity contribution in [3.05, 3.63) is 42.5 Å². The van der Waals surface area contributed by atoms with Gasteiger partial charge in [0.05, 0.1) is 18.1 Å². The smallest absolute Gasteiger partial charge is 0.306 e. The van der Waals surface area contributed by atoms with Crippen LogP contribution in [0, 0.1) is 0 Å². The number of ether oxygens (including phenoxy) is 2. The van der Waals surface area contributed by atoms with Crippen LogP contribution in [0.3, 0.4) is 0 Å². The Hall–Kier alpha value is -2.49. The Bertz CT molecular complexity index is 970. The molecule has 29 heavy (non-hydrogen) atoms. The third kappa shape index (κ3) is 5.99. The van der Waals surface area contributed by atoms with Gasteiger partial charge in [-0.25, -0.2) is 13.1 Å². The number of amides is 1. The van der Waals surface area contributed by atoms with E-state index in [1.165, 1.54) is 0 Å². The molecule has 0 spiro atoms. The molecule has 0 unspecified atom stereocenters. The zero-order valence-corrected chi connectivity index (χ0v) is 16.8. The van der Waals surface area contributed by atoms with E-state index in [1.807, 2.05) is 24.3 Å². The van der Waals surface area contributed by atoms with Gasteiger partial charge in [0.25, 0.3) is 5.91 Å². The van der Waals surface area contributed by atoms with Gasteiger partial charge in [-0.2, -0.15) is 0 Å². The first-order valence-electron chi connectivity index (χ1n) is 9.45. The summed E-state index contributed by atoms with van der Waals surface area (Å²) < 4.78 is 37.5. The minimum absolute atomic E-state index is 0.0244. The summed E-state index contributed by atoms with van der Waals surface area (Å²) in [6.45, 7) is 1.75. The standard InChI is InChI=1S/C20H24N2O6S/c23-19(22-10-12-27-13-11-22)15-28-20(24)6-3-9-21-29(25,26)18-8-7-16-4-1-2-5-17(16)14-18/h1-2,4-5,7-8,14,21H,3,6,9-13,15H2. The fourth-order valence-corrected chi connectivity index (χ4v) is 4.08. The zero-order valence-electron chi connectivity index (χ0n) is 16.0. The molecule has 1 heterocycles. The predicted octanol–water partition coefficient (Wildman–Crippen LogP) is 1.30. The average molecular weight is 420 g/mol. The Morgan fingerprint density at radius 2 is 1.79 bits per heavy atom. The number of hydrogen-bond donors (Lipinski definition) is 1. The lowest BCUT2D eigenvalue weighted by molar-refractivity contribution is -0.153. The molecule has 0 aliphatic carbocycles. The van der Waals surface area contributed by atoms with Gasteiger partial charge in [0, 0.05) is 26.1 Å². The SMILES string of the molecule is O=C(CCCNS(=O)(=O)c1ccc2ccccc2c1)OCC(=O)N1CCOCC1. The number of hydrogen-bond acceptors (Lipinski definition) is 6. The lowest BCUT2D eigenvalue weighted by Gasteiger charge is -2.26. The highest BCUT2D eigenvalue weighted by atomic mass is 32.2. The van der Waals surface area contributed by atoms with E-state index in [9.17, 15) is 18.0 Å². The van der Waals surface area contributed by atoms with Crippen LogP contribution in [0.5, 0.6) is 0 Å². The predicted molar refractivity (Wildman–Crippen MR) is 107 cm³/mol. The molecule has 8 nitrogen and oxygen atoms in total. The fourth-order valence-electron chi connectivity index (χ4n) is 2.98. The second kappa shape index (κ2) is 9.82. The lowest BCUT2D eigenvalue weighted by atomic mass is 10.1. The minimum atomic E-state index is -3.66. The van der Waals surface area contributed by atoms with E-state index in [4.69, 9.17) is 9.47 Å². The number of sulfonamides is 1. The molecule has 1 amide bonds. The molecule has 0 bridgehead atoms.